The van der Waals surface area contributed by atoms with Gasteiger partial charge in [-0.05, 0) is 31.7 Å². The van der Waals surface area contributed by atoms with Crippen molar-refractivity contribution in [2.24, 2.45) is 5.41 Å². The first kappa shape index (κ1) is 21.0. The van der Waals surface area contributed by atoms with Gasteiger partial charge in [0.15, 0.2) is 0 Å². The van der Waals surface area contributed by atoms with E-state index in [-0.39, 0.29) is 37.1 Å². The van der Waals surface area contributed by atoms with Crippen molar-refractivity contribution in [3.8, 4) is 0 Å². The van der Waals surface area contributed by atoms with Gasteiger partial charge in [0.25, 0.3) is 5.91 Å². The minimum Gasteiger partial charge on any atom is -0.328 e. The lowest BCUT2D eigenvalue weighted by molar-refractivity contribution is -0.149. The fraction of sp³-hybridized carbons (Fsp3) is 0.524. The van der Waals surface area contributed by atoms with E-state index in [1.54, 1.807) is 5.48 Å². The van der Waals surface area contributed by atoms with Crippen molar-refractivity contribution in [3.63, 3.8) is 0 Å². The van der Waals surface area contributed by atoms with E-state index in [1.165, 1.54) is 10.5 Å². The number of benzene rings is 1. The Bertz CT molecular complexity index is 806. The largest absolute Gasteiger partial charge is 0.328 e. The van der Waals surface area contributed by atoms with Gasteiger partial charge < -0.3 is 4.90 Å². The van der Waals surface area contributed by atoms with E-state index in [2.05, 4.69) is 0 Å². The van der Waals surface area contributed by atoms with E-state index in [1.807, 2.05) is 38.1 Å². The Labute approximate surface area is 169 Å². The maximum atomic E-state index is 13.2. The second-order valence-electron chi connectivity index (χ2n) is 8.18. The van der Waals surface area contributed by atoms with Crippen LogP contribution < -0.4 is 5.48 Å². The molecular weight excluding hydrogens is 374 g/mol. The average Bonchev–Trinajstić information content (AvgIpc) is 3.18. The number of amides is 4. The molecule has 1 aromatic carbocycles. The Morgan fingerprint density at radius 3 is 2.38 bits per heavy atom. The van der Waals surface area contributed by atoms with Crippen LogP contribution in [-0.4, -0.2) is 57.8 Å². The van der Waals surface area contributed by atoms with E-state index >= 15 is 0 Å². The monoisotopic (exact) mass is 401 g/mol. The van der Waals surface area contributed by atoms with Crippen LogP contribution in [0, 0.1) is 12.3 Å². The van der Waals surface area contributed by atoms with E-state index < -0.39 is 17.4 Å². The van der Waals surface area contributed by atoms with Gasteiger partial charge in [-0.3, -0.25) is 29.3 Å². The highest BCUT2D eigenvalue weighted by atomic mass is 16.5. The van der Waals surface area contributed by atoms with Crippen LogP contribution in [0.1, 0.15) is 43.7 Å². The van der Waals surface area contributed by atoms with Crippen LogP contribution >= 0.6 is 0 Å². The highest BCUT2D eigenvalue weighted by Crippen LogP contribution is 2.37. The highest BCUT2D eigenvalue weighted by molar-refractivity contribution is 6.02. The van der Waals surface area contributed by atoms with Gasteiger partial charge in [-0.1, -0.05) is 36.8 Å². The smallest absolute Gasteiger partial charge is 0.267 e. The third-order valence-electron chi connectivity index (χ3n) is 6.07. The third-order valence-corrected chi connectivity index (χ3v) is 6.07. The molecule has 8 heteroatoms. The second kappa shape index (κ2) is 8.32. The van der Waals surface area contributed by atoms with Crippen molar-refractivity contribution in [2.45, 2.75) is 52.0 Å². The van der Waals surface area contributed by atoms with Crippen molar-refractivity contribution in [3.05, 3.63) is 35.4 Å². The minimum atomic E-state index is -1.10. The van der Waals surface area contributed by atoms with Crippen molar-refractivity contribution in [1.82, 2.24) is 15.3 Å². The molecule has 8 nitrogen and oxygen atoms in total. The summed E-state index contributed by atoms with van der Waals surface area (Å²) in [5.41, 5.74) is 3.25. The number of carbonyl (C=O) groups excluding carboxylic acids is 4. The molecule has 2 aliphatic heterocycles. The molecule has 2 aliphatic rings. The van der Waals surface area contributed by atoms with Crippen LogP contribution in [0.15, 0.2) is 24.3 Å². The molecule has 0 aliphatic carbocycles. The van der Waals surface area contributed by atoms with Gasteiger partial charge in [0.05, 0.1) is 6.54 Å². The molecular formula is C21H27N3O5. The number of carbonyl (C=O) groups is 4. The molecule has 0 bridgehead atoms. The summed E-state index contributed by atoms with van der Waals surface area (Å²) in [4.78, 5) is 51.7. The van der Waals surface area contributed by atoms with Crippen molar-refractivity contribution < 1.29 is 24.4 Å². The Balaban J connectivity index is 1.71. The lowest BCUT2D eigenvalue weighted by Crippen LogP contribution is -2.54. The standard InChI is InChI=1S/C21H27N3O5/c1-14-3-5-15(6-4-14)9-10-21(2)11-12-23(20(21)28)16(19(27)22-29)13-24-17(25)7-8-18(24)26/h3-6,16,29H,7-13H2,1-2H3,(H,22,27). The van der Waals surface area contributed by atoms with Gasteiger partial charge in [0.2, 0.25) is 17.7 Å². The molecule has 0 aromatic heterocycles. The summed E-state index contributed by atoms with van der Waals surface area (Å²) in [5, 5.41) is 9.14. The summed E-state index contributed by atoms with van der Waals surface area (Å²) in [6.07, 6.45) is 2.13. The molecule has 2 saturated heterocycles. The van der Waals surface area contributed by atoms with Gasteiger partial charge in [-0.15, -0.1) is 0 Å². The summed E-state index contributed by atoms with van der Waals surface area (Å²) < 4.78 is 0. The van der Waals surface area contributed by atoms with Gasteiger partial charge in [-0.25, -0.2) is 5.48 Å². The molecule has 2 N–H and O–H groups in total. The third kappa shape index (κ3) is 4.32. The van der Waals surface area contributed by atoms with E-state index in [9.17, 15) is 19.2 Å². The molecule has 3 rings (SSSR count). The number of imide groups is 1. The van der Waals surface area contributed by atoms with Crippen LogP contribution in [0.2, 0.25) is 0 Å². The molecule has 156 valence electrons. The average molecular weight is 401 g/mol. The molecule has 0 radical (unpaired) electrons. The highest BCUT2D eigenvalue weighted by Gasteiger charge is 2.47. The number of nitrogens with zero attached hydrogens (tertiary/aromatic N) is 2. The summed E-state index contributed by atoms with van der Waals surface area (Å²) in [7, 11) is 0. The molecule has 2 fully saturated rings. The van der Waals surface area contributed by atoms with Crippen molar-refractivity contribution in [2.75, 3.05) is 13.1 Å². The first-order valence-electron chi connectivity index (χ1n) is 9.89. The molecule has 0 spiro atoms. The van der Waals surface area contributed by atoms with E-state index in [0.29, 0.717) is 19.4 Å². The van der Waals surface area contributed by atoms with E-state index in [4.69, 9.17) is 5.21 Å². The molecule has 4 amide bonds. The molecule has 1 aromatic rings. The lowest BCUT2D eigenvalue weighted by Gasteiger charge is -2.31. The predicted octanol–water partition coefficient (Wildman–Crippen LogP) is 1.19. The minimum absolute atomic E-state index is 0.106. The summed E-state index contributed by atoms with van der Waals surface area (Å²) in [5.74, 6) is -1.72. The Morgan fingerprint density at radius 2 is 1.79 bits per heavy atom. The Kier molecular flexibility index (Phi) is 6.02. The maximum absolute atomic E-state index is 13.2. The second-order valence-corrected chi connectivity index (χ2v) is 8.18. The normalized spacial score (nSPS) is 23.1. The topological polar surface area (TPSA) is 107 Å². The first-order chi connectivity index (χ1) is 13.7. The number of likely N-dealkylation sites (tertiary alicyclic amines) is 2. The zero-order valence-electron chi connectivity index (χ0n) is 16.8. The maximum Gasteiger partial charge on any atom is 0.267 e. The number of nitrogens with one attached hydrogen (secondary N) is 1. The summed E-state index contributed by atoms with van der Waals surface area (Å²) in [6, 6.07) is 7.06. The van der Waals surface area contributed by atoms with Gasteiger partial charge >= 0.3 is 0 Å². The molecule has 2 atom stereocenters. The van der Waals surface area contributed by atoms with Crippen LogP contribution in [0.5, 0.6) is 0 Å². The molecule has 2 unspecified atom stereocenters. The number of rotatable bonds is 7. The number of hydroxylamine groups is 1. The quantitative estimate of drug-likeness (QED) is 0.405. The summed E-state index contributed by atoms with van der Waals surface area (Å²) in [6.45, 7) is 4.00. The molecule has 0 saturated carbocycles. The van der Waals surface area contributed by atoms with Gasteiger partial charge in [-0.2, -0.15) is 0 Å². The van der Waals surface area contributed by atoms with Gasteiger partial charge in [0.1, 0.15) is 6.04 Å². The fourth-order valence-electron chi connectivity index (χ4n) is 4.02. The number of hydrogen-bond donors (Lipinski definition) is 2. The first-order valence-corrected chi connectivity index (χ1v) is 9.89. The summed E-state index contributed by atoms with van der Waals surface area (Å²) >= 11 is 0. The number of hydrogen-bond acceptors (Lipinski definition) is 5. The lowest BCUT2D eigenvalue weighted by atomic mass is 9.82. The molecule has 2 heterocycles. The predicted molar refractivity (Wildman–Crippen MR) is 104 cm³/mol. The van der Waals surface area contributed by atoms with Crippen LogP contribution in [0.25, 0.3) is 0 Å². The van der Waals surface area contributed by atoms with Crippen LogP contribution in [-0.2, 0) is 25.6 Å². The Morgan fingerprint density at radius 1 is 1.17 bits per heavy atom. The molecule has 29 heavy (non-hydrogen) atoms. The zero-order valence-corrected chi connectivity index (χ0v) is 16.8. The van der Waals surface area contributed by atoms with Crippen LogP contribution in [0.4, 0.5) is 0 Å². The van der Waals surface area contributed by atoms with Crippen molar-refractivity contribution in [1.29, 1.82) is 0 Å². The van der Waals surface area contributed by atoms with Gasteiger partial charge in [0, 0.05) is 24.8 Å². The number of aryl methyl sites for hydroxylation is 2. The van der Waals surface area contributed by atoms with Crippen LogP contribution in [0.3, 0.4) is 0 Å². The Hall–Kier alpha value is -2.74. The SMILES string of the molecule is Cc1ccc(CCC2(C)CCN(C(CN3C(=O)CCC3=O)C(=O)NO)C2=O)cc1. The fourth-order valence-corrected chi connectivity index (χ4v) is 4.02. The zero-order chi connectivity index (χ0) is 21.2. The van der Waals surface area contributed by atoms with E-state index in [0.717, 1.165) is 16.9 Å². The van der Waals surface area contributed by atoms with Crippen molar-refractivity contribution >= 4 is 23.6 Å².